The lowest BCUT2D eigenvalue weighted by Gasteiger charge is -2.47. The Morgan fingerprint density at radius 1 is 1.36 bits per heavy atom. The number of nitrogens with zero attached hydrogens (tertiary/aromatic N) is 2. The molecule has 2 rings (SSSR count). The van der Waals surface area contributed by atoms with E-state index >= 15 is 0 Å². The number of halogens is 1. The first kappa shape index (κ1) is 24.3. The van der Waals surface area contributed by atoms with E-state index in [-0.39, 0.29) is 48.5 Å². The lowest BCUT2D eigenvalue weighted by Crippen LogP contribution is -2.62. The van der Waals surface area contributed by atoms with Crippen molar-refractivity contribution in [3.05, 3.63) is 11.8 Å². The number of ether oxygens (including phenoxy) is 2. The first-order valence-corrected chi connectivity index (χ1v) is 9.56. The van der Waals surface area contributed by atoms with E-state index in [9.17, 15) is 14.4 Å². The molecule has 2 unspecified atom stereocenters. The van der Waals surface area contributed by atoms with Gasteiger partial charge in [-0.1, -0.05) is 5.16 Å². The minimum absolute atomic E-state index is 0. The topological polar surface area (TPSA) is 121 Å². The molecule has 1 saturated heterocycles. The molecule has 1 amide bonds. The second kappa shape index (κ2) is 10.1. The molecule has 0 spiro atoms. The molecule has 0 saturated carbocycles. The van der Waals surface area contributed by atoms with Gasteiger partial charge in [0.15, 0.2) is 0 Å². The largest absolute Gasteiger partial charge is 0.427 e. The molecule has 158 valence electrons. The molecule has 2 aliphatic heterocycles. The van der Waals surface area contributed by atoms with Crippen LogP contribution in [0, 0.1) is 11.3 Å². The standard InChI is InChI=1S/C17H25N3O6S.ClH/c1-10(7-18)19-26-8-11-13(21)20-12(5-6-27-14(11)20)15(22)24-9-25-16(23)17(2,3)4;/h5,11,14H,6-9,18H2,1-4H3;1H/b19-10+;. The Labute approximate surface area is 174 Å². The molecule has 2 atom stereocenters. The van der Waals surface area contributed by atoms with E-state index in [1.54, 1.807) is 33.8 Å². The van der Waals surface area contributed by atoms with Crippen LogP contribution in [-0.4, -0.2) is 59.5 Å². The molecule has 0 bridgehead atoms. The summed E-state index contributed by atoms with van der Waals surface area (Å²) in [6.07, 6.45) is 1.63. The summed E-state index contributed by atoms with van der Waals surface area (Å²) in [6.45, 7) is 6.73. The van der Waals surface area contributed by atoms with Crippen molar-refractivity contribution in [3.8, 4) is 0 Å². The molecule has 2 heterocycles. The van der Waals surface area contributed by atoms with Crippen LogP contribution in [-0.2, 0) is 28.7 Å². The fourth-order valence-electron chi connectivity index (χ4n) is 2.32. The Balaban J connectivity index is 0.00000392. The summed E-state index contributed by atoms with van der Waals surface area (Å²) < 4.78 is 9.91. The number of oxime groups is 1. The first-order valence-electron chi connectivity index (χ1n) is 8.51. The third kappa shape index (κ3) is 5.62. The summed E-state index contributed by atoms with van der Waals surface area (Å²) in [5, 5.41) is 3.61. The van der Waals surface area contributed by atoms with Crippen LogP contribution >= 0.6 is 24.2 Å². The summed E-state index contributed by atoms with van der Waals surface area (Å²) in [7, 11) is 0. The van der Waals surface area contributed by atoms with Gasteiger partial charge in [0.05, 0.1) is 16.5 Å². The van der Waals surface area contributed by atoms with Crippen molar-refractivity contribution >= 4 is 47.7 Å². The van der Waals surface area contributed by atoms with Crippen molar-refractivity contribution in [1.29, 1.82) is 0 Å². The Bertz CT molecular complexity index is 676. The second-order valence-corrected chi connectivity index (χ2v) is 8.34. The normalized spacial score (nSPS) is 21.6. The third-order valence-corrected chi connectivity index (χ3v) is 5.17. The van der Waals surface area contributed by atoms with Crippen LogP contribution in [0.5, 0.6) is 0 Å². The van der Waals surface area contributed by atoms with Gasteiger partial charge in [0.25, 0.3) is 0 Å². The van der Waals surface area contributed by atoms with Gasteiger partial charge in [0.1, 0.15) is 18.2 Å². The molecule has 0 aliphatic carbocycles. The molecule has 1 fully saturated rings. The minimum atomic E-state index is -0.702. The number of rotatable bonds is 7. The van der Waals surface area contributed by atoms with Gasteiger partial charge in [-0.2, -0.15) is 0 Å². The van der Waals surface area contributed by atoms with Crippen LogP contribution in [0.3, 0.4) is 0 Å². The summed E-state index contributed by atoms with van der Waals surface area (Å²) >= 11 is 1.53. The highest BCUT2D eigenvalue weighted by atomic mass is 35.5. The highest BCUT2D eigenvalue weighted by Gasteiger charge is 2.52. The number of hydrogen-bond acceptors (Lipinski definition) is 9. The molecule has 0 aromatic rings. The van der Waals surface area contributed by atoms with Gasteiger partial charge in [-0.05, 0) is 33.8 Å². The number of β-lactam (4-membered cyclic amide) rings is 1. The molecule has 9 nitrogen and oxygen atoms in total. The summed E-state index contributed by atoms with van der Waals surface area (Å²) in [5.41, 5.74) is 5.52. The fourth-order valence-corrected chi connectivity index (χ4v) is 3.57. The monoisotopic (exact) mass is 435 g/mol. The predicted molar refractivity (Wildman–Crippen MR) is 107 cm³/mol. The van der Waals surface area contributed by atoms with Crippen LogP contribution in [0.1, 0.15) is 27.7 Å². The summed E-state index contributed by atoms with van der Waals surface area (Å²) in [4.78, 5) is 42.9. The Morgan fingerprint density at radius 2 is 2.04 bits per heavy atom. The van der Waals surface area contributed by atoms with E-state index in [0.717, 1.165) is 0 Å². The smallest absolute Gasteiger partial charge is 0.357 e. The number of carbonyl (C=O) groups excluding carboxylic acids is 3. The molecule has 28 heavy (non-hydrogen) atoms. The van der Waals surface area contributed by atoms with Crippen LogP contribution in [0.15, 0.2) is 16.9 Å². The van der Waals surface area contributed by atoms with E-state index in [1.165, 1.54) is 16.7 Å². The average Bonchev–Trinajstić information content (AvgIpc) is 2.62. The van der Waals surface area contributed by atoms with Crippen molar-refractivity contribution in [1.82, 2.24) is 4.90 Å². The SMILES string of the molecule is C/C(CN)=N\OCC1C(=O)N2C(C(=O)OCOC(=O)C(C)(C)C)=CCSC12.Cl. The molecular formula is C17H26ClN3O6S. The van der Waals surface area contributed by atoms with E-state index < -0.39 is 24.1 Å². The second-order valence-electron chi connectivity index (χ2n) is 7.19. The predicted octanol–water partition coefficient (Wildman–Crippen LogP) is 1.26. The number of nitrogens with two attached hydrogens (primary N) is 1. The third-order valence-electron chi connectivity index (χ3n) is 3.93. The maximum Gasteiger partial charge on any atom is 0.357 e. The van der Waals surface area contributed by atoms with Crippen LogP contribution < -0.4 is 5.73 Å². The molecule has 0 aromatic carbocycles. The first-order chi connectivity index (χ1) is 12.7. The molecular weight excluding hydrogens is 410 g/mol. The molecule has 11 heteroatoms. The molecule has 2 aliphatic rings. The number of thioether (sulfide) groups is 1. The Morgan fingerprint density at radius 3 is 2.64 bits per heavy atom. The molecule has 2 N–H and O–H groups in total. The zero-order valence-corrected chi connectivity index (χ0v) is 17.9. The quantitative estimate of drug-likeness (QED) is 0.208. The van der Waals surface area contributed by atoms with Crippen molar-refractivity contribution in [3.63, 3.8) is 0 Å². The van der Waals surface area contributed by atoms with Gasteiger partial charge in [-0.25, -0.2) is 4.79 Å². The lowest BCUT2D eigenvalue weighted by molar-refractivity contribution is -0.174. The van der Waals surface area contributed by atoms with E-state index in [2.05, 4.69) is 5.16 Å². The Kier molecular flexibility index (Phi) is 8.77. The van der Waals surface area contributed by atoms with Crippen LogP contribution in [0.25, 0.3) is 0 Å². The summed E-state index contributed by atoms with van der Waals surface area (Å²) in [6, 6.07) is 0. The van der Waals surface area contributed by atoms with Gasteiger partial charge >= 0.3 is 11.9 Å². The van der Waals surface area contributed by atoms with Crippen molar-refractivity contribution in [2.45, 2.75) is 33.1 Å². The van der Waals surface area contributed by atoms with E-state index in [1.807, 2.05) is 0 Å². The van der Waals surface area contributed by atoms with Crippen molar-refractivity contribution in [2.24, 2.45) is 22.2 Å². The fraction of sp³-hybridized carbons (Fsp3) is 0.647. The van der Waals surface area contributed by atoms with Crippen molar-refractivity contribution < 1.29 is 28.7 Å². The van der Waals surface area contributed by atoms with E-state index in [0.29, 0.717) is 11.5 Å². The lowest BCUT2D eigenvalue weighted by atomic mass is 9.97. The number of esters is 2. The maximum atomic E-state index is 12.4. The number of hydrogen-bond donors (Lipinski definition) is 1. The maximum absolute atomic E-state index is 12.4. The zero-order chi connectivity index (χ0) is 20.2. The van der Waals surface area contributed by atoms with Gasteiger partial charge in [-0.15, -0.1) is 24.2 Å². The van der Waals surface area contributed by atoms with Gasteiger partial charge in [0, 0.05) is 12.3 Å². The average molecular weight is 436 g/mol. The minimum Gasteiger partial charge on any atom is -0.427 e. The van der Waals surface area contributed by atoms with Gasteiger partial charge < -0.3 is 20.0 Å². The van der Waals surface area contributed by atoms with E-state index in [4.69, 9.17) is 20.0 Å². The Hall–Kier alpha value is -1.78. The van der Waals surface area contributed by atoms with Gasteiger partial charge in [0.2, 0.25) is 12.7 Å². The zero-order valence-electron chi connectivity index (χ0n) is 16.3. The number of amides is 1. The molecule has 0 radical (unpaired) electrons. The highest BCUT2D eigenvalue weighted by Crippen LogP contribution is 2.41. The number of fused-ring (bicyclic) bond motifs is 1. The van der Waals surface area contributed by atoms with Gasteiger partial charge in [-0.3, -0.25) is 14.5 Å². The summed E-state index contributed by atoms with van der Waals surface area (Å²) in [5.74, 6) is -1.25. The highest BCUT2D eigenvalue weighted by molar-refractivity contribution is 8.00. The van der Waals surface area contributed by atoms with Crippen molar-refractivity contribution in [2.75, 3.05) is 25.7 Å². The number of carbonyl (C=O) groups is 3. The van der Waals surface area contributed by atoms with Crippen LogP contribution in [0.2, 0.25) is 0 Å². The molecule has 0 aromatic heterocycles. The van der Waals surface area contributed by atoms with Crippen LogP contribution in [0.4, 0.5) is 0 Å².